The predicted molar refractivity (Wildman–Crippen MR) is 139 cm³/mol. The van der Waals surface area contributed by atoms with Crippen LogP contribution in [0.15, 0.2) is 48.5 Å². The molecule has 1 N–H and O–H groups in total. The van der Waals surface area contributed by atoms with Crippen molar-refractivity contribution in [3.63, 3.8) is 0 Å². The van der Waals surface area contributed by atoms with Crippen LogP contribution in [0.4, 0.5) is 5.69 Å². The number of aryl methyl sites for hydroxylation is 1. The molecule has 1 atom stereocenters. The van der Waals surface area contributed by atoms with Gasteiger partial charge in [0.2, 0.25) is 21.8 Å². The van der Waals surface area contributed by atoms with Gasteiger partial charge in [0.15, 0.2) is 0 Å². The second-order valence-electron chi connectivity index (χ2n) is 9.04. The molecule has 2 amide bonds. The Morgan fingerprint density at radius 2 is 1.74 bits per heavy atom. The van der Waals surface area contributed by atoms with Gasteiger partial charge in [-0.3, -0.25) is 13.9 Å². The quantitative estimate of drug-likeness (QED) is 0.479. The Kier molecular flexibility index (Phi) is 10.1. The molecule has 2 rings (SSSR count). The number of sulfonamides is 1. The van der Waals surface area contributed by atoms with Crippen molar-refractivity contribution >= 4 is 27.5 Å². The van der Waals surface area contributed by atoms with Crippen molar-refractivity contribution in [2.45, 2.75) is 46.7 Å². The number of anilines is 1. The minimum Gasteiger partial charge on any atom is -0.497 e. The van der Waals surface area contributed by atoms with Crippen LogP contribution < -0.4 is 14.4 Å². The van der Waals surface area contributed by atoms with Crippen LogP contribution in [0.25, 0.3) is 0 Å². The number of nitrogens with one attached hydrogen (secondary N) is 1. The van der Waals surface area contributed by atoms with Gasteiger partial charge in [0.25, 0.3) is 0 Å². The van der Waals surface area contributed by atoms with Gasteiger partial charge in [0.1, 0.15) is 18.3 Å². The fraction of sp³-hybridized carbons (Fsp3) is 0.462. The average Bonchev–Trinajstić information content (AvgIpc) is 2.80. The average molecular weight is 504 g/mol. The zero-order valence-electron chi connectivity index (χ0n) is 21.4. The van der Waals surface area contributed by atoms with E-state index in [4.69, 9.17) is 4.74 Å². The Hall–Kier alpha value is -3.07. The van der Waals surface area contributed by atoms with E-state index in [0.717, 1.165) is 21.7 Å². The van der Waals surface area contributed by atoms with Crippen molar-refractivity contribution < 1.29 is 22.7 Å². The van der Waals surface area contributed by atoms with Gasteiger partial charge in [-0.2, -0.15) is 0 Å². The summed E-state index contributed by atoms with van der Waals surface area (Å²) in [6.07, 6.45) is 1.46. The summed E-state index contributed by atoms with van der Waals surface area (Å²) >= 11 is 0. The Bertz CT molecular complexity index is 1100. The summed E-state index contributed by atoms with van der Waals surface area (Å²) in [5, 5.41) is 2.91. The van der Waals surface area contributed by atoms with Crippen LogP contribution in [0.2, 0.25) is 0 Å². The van der Waals surface area contributed by atoms with Gasteiger partial charge in [-0.1, -0.05) is 45.0 Å². The molecule has 2 aromatic carbocycles. The normalized spacial score (nSPS) is 12.2. The minimum atomic E-state index is -3.75. The molecule has 0 aliphatic heterocycles. The number of amides is 2. The first-order valence-corrected chi connectivity index (χ1v) is 13.6. The van der Waals surface area contributed by atoms with E-state index < -0.39 is 28.5 Å². The van der Waals surface area contributed by atoms with Gasteiger partial charge < -0.3 is 15.0 Å². The molecule has 35 heavy (non-hydrogen) atoms. The summed E-state index contributed by atoms with van der Waals surface area (Å²) in [4.78, 5) is 28.2. The number of methoxy groups -OCH3 is 1. The van der Waals surface area contributed by atoms with Crippen molar-refractivity contribution in [1.29, 1.82) is 0 Å². The fourth-order valence-corrected chi connectivity index (χ4v) is 4.51. The monoisotopic (exact) mass is 503 g/mol. The Morgan fingerprint density at radius 3 is 2.26 bits per heavy atom. The van der Waals surface area contributed by atoms with E-state index in [-0.39, 0.29) is 18.4 Å². The number of rotatable bonds is 12. The standard InChI is InChI=1S/C26H37N3O5S/c1-7-24(26(31)27-16-19(2)3)28(17-21-11-13-23(34-5)14-12-21)25(30)18-29(35(6,32)33)22-10-8-9-20(4)15-22/h8-15,19,24H,7,16-18H2,1-6H3,(H,27,31). The summed E-state index contributed by atoms with van der Waals surface area (Å²) in [5.41, 5.74) is 2.08. The van der Waals surface area contributed by atoms with Crippen LogP contribution >= 0.6 is 0 Å². The molecule has 0 bridgehead atoms. The van der Waals surface area contributed by atoms with E-state index >= 15 is 0 Å². The predicted octanol–water partition coefficient (Wildman–Crippen LogP) is 3.35. The van der Waals surface area contributed by atoms with E-state index in [1.54, 1.807) is 37.4 Å². The highest BCUT2D eigenvalue weighted by molar-refractivity contribution is 7.92. The Morgan fingerprint density at radius 1 is 1.09 bits per heavy atom. The first kappa shape index (κ1) is 28.2. The first-order valence-electron chi connectivity index (χ1n) is 11.7. The number of nitrogens with zero attached hydrogens (tertiary/aromatic N) is 2. The van der Waals surface area contributed by atoms with Crippen LogP contribution in [0, 0.1) is 12.8 Å². The third-order valence-electron chi connectivity index (χ3n) is 5.55. The molecular weight excluding hydrogens is 466 g/mol. The third-order valence-corrected chi connectivity index (χ3v) is 6.69. The van der Waals surface area contributed by atoms with Gasteiger partial charge in [-0.15, -0.1) is 0 Å². The van der Waals surface area contributed by atoms with Crippen LogP contribution in [-0.2, 0) is 26.2 Å². The molecule has 0 saturated carbocycles. The highest BCUT2D eigenvalue weighted by atomic mass is 32.2. The lowest BCUT2D eigenvalue weighted by atomic mass is 10.1. The number of ether oxygens (including phenoxy) is 1. The molecule has 0 radical (unpaired) electrons. The van der Waals surface area contributed by atoms with Crippen molar-refractivity contribution in [2.24, 2.45) is 5.92 Å². The third kappa shape index (κ3) is 8.28. The summed E-state index contributed by atoms with van der Waals surface area (Å²) in [7, 11) is -2.18. The highest BCUT2D eigenvalue weighted by Crippen LogP contribution is 2.21. The van der Waals surface area contributed by atoms with Gasteiger partial charge in [-0.25, -0.2) is 8.42 Å². The van der Waals surface area contributed by atoms with E-state index in [0.29, 0.717) is 24.4 Å². The first-order chi connectivity index (χ1) is 16.5. The van der Waals surface area contributed by atoms with Crippen molar-refractivity contribution in [3.05, 3.63) is 59.7 Å². The summed E-state index contributed by atoms with van der Waals surface area (Å²) in [6.45, 7) is 7.91. The van der Waals surface area contributed by atoms with Gasteiger partial charge in [0.05, 0.1) is 19.1 Å². The molecule has 0 aromatic heterocycles. The maximum absolute atomic E-state index is 13.6. The van der Waals surface area contributed by atoms with Crippen LogP contribution in [0.1, 0.15) is 38.3 Å². The maximum atomic E-state index is 13.6. The van der Waals surface area contributed by atoms with Crippen molar-refractivity contribution in [3.8, 4) is 5.75 Å². The van der Waals surface area contributed by atoms with Gasteiger partial charge >= 0.3 is 0 Å². The molecule has 9 heteroatoms. The summed E-state index contributed by atoms with van der Waals surface area (Å²) in [5.74, 6) is 0.212. The molecular formula is C26H37N3O5S. The smallest absolute Gasteiger partial charge is 0.244 e. The second kappa shape index (κ2) is 12.6. The van der Waals surface area contributed by atoms with Crippen LogP contribution in [0.5, 0.6) is 5.75 Å². The van der Waals surface area contributed by atoms with Gasteiger partial charge in [0, 0.05) is 13.1 Å². The van der Waals surface area contributed by atoms with Crippen molar-refractivity contribution in [2.75, 3.05) is 30.8 Å². The molecule has 0 spiro atoms. The molecule has 1 unspecified atom stereocenters. The summed E-state index contributed by atoms with van der Waals surface area (Å²) < 4.78 is 31.6. The number of carbonyl (C=O) groups is 2. The SMILES string of the molecule is CCC(C(=O)NCC(C)C)N(Cc1ccc(OC)cc1)C(=O)CN(c1cccc(C)c1)S(C)(=O)=O. The Balaban J connectivity index is 2.41. The zero-order chi connectivity index (χ0) is 26.2. The van der Waals surface area contributed by atoms with E-state index in [9.17, 15) is 18.0 Å². The van der Waals surface area contributed by atoms with Crippen LogP contribution in [0.3, 0.4) is 0 Å². The maximum Gasteiger partial charge on any atom is 0.244 e. The lowest BCUT2D eigenvalue weighted by molar-refractivity contribution is -0.140. The van der Waals surface area contributed by atoms with Gasteiger partial charge in [-0.05, 0) is 54.7 Å². The molecule has 0 aliphatic carbocycles. The zero-order valence-corrected chi connectivity index (χ0v) is 22.3. The lowest BCUT2D eigenvalue weighted by Crippen LogP contribution is -2.52. The van der Waals surface area contributed by atoms with E-state index in [1.807, 2.05) is 45.9 Å². The van der Waals surface area contributed by atoms with Crippen molar-refractivity contribution in [1.82, 2.24) is 10.2 Å². The number of benzene rings is 2. The van der Waals surface area contributed by atoms with Crippen LogP contribution in [-0.4, -0.2) is 57.6 Å². The second-order valence-corrected chi connectivity index (χ2v) is 10.9. The number of carbonyl (C=O) groups excluding carboxylic acids is 2. The fourth-order valence-electron chi connectivity index (χ4n) is 3.67. The molecule has 0 heterocycles. The lowest BCUT2D eigenvalue weighted by Gasteiger charge is -2.33. The highest BCUT2D eigenvalue weighted by Gasteiger charge is 2.31. The number of hydrogen-bond donors (Lipinski definition) is 1. The minimum absolute atomic E-state index is 0.155. The molecule has 8 nitrogen and oxygen atoms in total. The Labute approximate surface area is 209 Å². The van der Waals surface area contributed by atoms with E-state index in [2.05, 4.69) is 5.32 Å². The largest absolute Gasteiger partial charge is 0.497 e. The topological polar surface area (TPSA) is 96.0 Å². The number of hydrogen-bond acceptors (Lipinski definition) is 5. The molecule has 192 valence electrons. The molecule has 0 fully saturated rings. The van der Waals surface area contributed by atoms with E-state index in [1.165, 1.54) is 4.90 Å². The summed E-state index contributed by atoms with van der Waals surface area (Å²) in [6, 6.07) is 13.4. The molecule has 0 aliphatic rings. The molecule has 0 saturated heterocycles. The molecule has 2 aromatic rings.